The number of benzene rings is 1. The van der Waals surface area contributed by atoms with Crippen LogP contribution < -0.4 is 10.6 Å². The van der Waals surface area contributed by atoms with E-state index in [0.717, 1.165) is 22.6 Å². The van der Waals surface area contributed by atoms with Gasteiger partial charge in [0, 0.05) is 36.6 Å². The first kappa shape index (κ1) is 18.4. The average molecular weight is 374 g/mol. The van der Waals surface area contributed by atoms with Crippen molar-refractivity contribution in [1.29, 1.82) is 0 Å². The molecule has 0 atom stereocenters. The van der Waals surface area contributed by atoms with E-state index in [0.29, 0.717) is 18.5 Å². The van der Waals surface area contributed by atoms with Crippen LogP contribution in [0.3, 0.4) is 0 Å². The highest BCUT2D eigenvalue weighted by molar-refractivity contribution is 5.64. The second-order valence-corrected chi connectivity index (χ2v) is 7.38. The zero-order chi connectivity index (χ0) is 19.0. The number of aromatic nitrogens is 3. The van der Waals surface area contributed by atoms with E-state index >= 15 is 0 Å². The number of rotatable bonds is 6. The van der Waals surface area contributed by atoms with Crippen molar-refractivity contribution in [3.8, 4) is 11.3 Å². The molecule has 2 N–H and O–H groups in total. The van der Waals surface area contributed by atoms with Crippen LogP contribution in [0.1, 0.15) is 44.1 Å². The van der Waals surface area contributed by atoms with E-state index in [4.69, 9.17) is 9.97 Å². The molecule has 5 heteroatoms. The third-order valence-electron chi connectivity index (χ3n) is 5.18. The van der Waals surface area contributed by atoms with E-state index in [1.165, 1.54) is 38.5 Å². The lowest BCUT2D eigenvalue weighted by atomic mass is 10.1. The average Bonchev–Trinajstić information content (AvgIpc) is 3.02. The second-order valence-electron chi connectivity index (χ2n) is 7.38. The van der Waals surface area contributed by atoms with Crippen LogP contribution in [0.25, 0.3) is 11.3 Å². The van der Waals surface area contributed by atoms with Gasteiger partial charge in [-0.25, -0.2) is 4.98 Å². The summed E-state index contributed by atoms with van der Waals surface area (Å²) in [5.74, 6) is 1.54. The molecule has 0 radical (unpaired) electrons. The molecule has 2 heterocycles. The Morgan fingerprint density at radius 1 is 0.893 bits per heavy atom. The molecule has 4 rings (SSSR count). The molecule has 0 unspecified atom stereocenters. The quantitative estimate of drug-likeness (QED) is 0.575. The van der Waals surface area contributed by atoms with Crippen LogP contribution in [0.2, 0.25) is 0 Å². The molecule has 1 fully saturated rings. The van der Waals surface area contributed by atoms with E-state index in [1.807, 2.05) is 36.5 Å². The fourth-order valence-electron chi connectivity index (χ4n) is 3.67. The Morgan fingerprint density at radius 3 is 2.46 bits per heavy atom. The Morgan fingerprint density at radius 2 is 1.71 bits per heavy atom. The molecule has 0 amide bonds. The topological polar surface area (TPSA) is 62.7 Å². The Bertz CT molecular complexity index is 859. The van der Waals surface area contributed by atoms with Gasteiger partial charge in [0.15, 0.2) is 0 Å². The molecule has 1 aromatic carbocycles. The van der Waals surface area contributed by atoms with E-state index in [1.54, 1.807) is 6.20 Å². The second kappa shape index (κ2) is 9.31. The molecular formula is C23H27N5. The minimum absolute atomic E-state index is 0.493. The first-order valence-electron chi connectivity index (χ1n) is 10.2. The summed E-state index contributed by atoms with van der Waals surface area (Å²) < 4.78 is 0. The van der Waals surface area contributed by atoms with Gasteiger partial charge in [-0.3, -0.25) is 4.98 Å². The highest BCUT2D eigenvalue weighted by Gasteiger charge is 2.14. The summed E-state index contributed by atoms with van der Waals surface area (Å²) in [6.07, 6.45) is 11.3. The summed E-state index contributed by atoms with van der Waals surface area (Å²) >= 11 is 0. The maximum atomic E-state index is 4.75. The fourth-order valence-corrected chi connectivity index (χ4v) is 3.67. The van der Waals surface area contributed by atoms with Crippen molar-refractivity contribution in [3.63, 3.8) is 0 Å². The van der Waals surface area contributed by atoms with Gasteiger partial charge in [0.2, 0.25) is 5.95 Å². The lowest BCUT2D eigenvalue weighted by molar-refractivity contribution is 0.617. The predicted molar refractivity (Wildman–Crippen MR) is 114 cm³/mol. The Kier molecular flexibility index (Phi) is 6.12. The molecule has 1 saturated carbocycles. The molecular weight excluding hydrogens is 346 g/mol. The number of pyridine rings is 1. The normalized spacial score (nSPS) is 15.0. The molecule has 0 spiro atoms. The molecule has 1 aliphatic rings. The van der Waals surface area contributed by atoms with Gasteiger partial charge in [-0.15, -0.1) is 0 Å². The minimum Gasteiger partial charge on any atom is -0.367 e. The molecule has 0 saturated heterocycles. The van der Waals surface area contributed by atoms with Crippen molar-refractivity contribution in [2.75, 3.05) is 10.6 Å². The van der Waals surface area contributed by atoms with Gasteiger partial charge in [-0.05, 0) is 24.5 Å². The number of nitrogens with zero attached hydrogens (tertiary/aromatic N) is 3. The summed E-state index contributed by atoms with van der Waals surface area (Å²) in [5.41, 5.74) is 3.13. The van der Waals surface area contributed by atoms with Gasteiger partial charge in [0.1, 0.15) is 5.82 Å². The zero-order valence-corrected chi connectivity index (χ0v) is 16.1. The van der Waals surface area contributed by atoms with E-state index in [2.05, 4.69) is 33.8 Å². The van der Waals surface area contributed by atoms with Crippen molar-refractivity contribution < 1.29 is 0 Å². The summed E-state index contributed by atoms with van der Waals surface area (Å²) in [6, 6.07) is 16.8. The van der Waals surface area contributed by atoms with E-state index < -0.39 is 0 Å². The van der Waals surface area contributed by atoms with Crippen LogP contribution in [0.15, 0.2) is 60.9 Å². The molecule has 1 aliphatic carbocycles. The third-order valence-corrected chi connectivity index (χ3v) is 5.18. The van der Waals surface area contributed by atoms with Gasteiger partial charge >= 0.3 is 0 Å². The SMILES string of the molecule is c1ccc(-c2cc(NC3CCCCCC3)nc(NCc3cccnc3)n2)cc1. The first-order valence-corrected chi connectivity index (χ1v) is 10.2. The molecule has 3 aromatic rings. The Labute approximate surface area is 166 Å². The lowest BCUT2D eigenvalue weighted by Crippen LogP contribution is -2.19. The highest BCUT2D eigenvalue weighted by atomic mass is 15.1. The van der Waals surface area contributed by atoms with Crippen molar-refractivity contribution in [3.05, 3.63) is 66.5 Å². The van der Waals surface area contributed by atoms with Crippen LogP contribution in [0.5, 0.6) is 0 Å². The van der Waals surface area contributed by atoms with E-state index in [-0.39, 0.29) is 0 Å². The third kappa shape index (κ3) is 5.06. The predicted octanol–water partition coefficient (Wildman–Crippen LogP) is 5.29. The minimum atomic E-state index is 0.493. The standard InChI is InChI=1S/C23H27N5/c1-2-7-13-20(12-6-1)26-22-15-21(19-10-4-3-5-11-19)27-23(28-22)25-17-18-9-8-14-24-16-18/h3-5,8-11,14-16,20H,1-2,6-7,12-13,17H2,(H2,25,26,27,28). The summed E-state index contributed by atoms with van der Waals surface area (Å²) in [5, 5.41) is 7.02. The van der Waals surface area contributed by atoms with Gasteiger partial charge in [-0.1, -0.05) is 62.1 Å². The molecule has 0 aliphatic heterocycles. The first-order chi connectivity index (χ1) is 13.9. The number of nitrogens with one attached hydrogen (secondary N) is 2. The van der Waals surface area contributed by atoms with Crippen molar-refractivity contribution in [1.82, 2.24) is 15.0 Å². The fraction of sp³-hybridized carbons (Fsp3) is 0.348. The summed E-state index contributed by atoms with van der Waals surface area (Å²) in [6.45, 7) is 0.648. The van der Waals surface area contributed by atoms with Crippen molar-refractivity contribution >= 4 is 11.8 Å². The van der Waals surface area contributed by atoms with Crippen molar-refractivity contribution in [2.45, 2.75) is 51.1 Å². The van der Waals surface area contributed by atoms with Crippen molar-refractivity contribution in [2.24, 2.45) is 0 Å². The van der Waals surface area contributed by atoms with Crippen LogP contribution in [0, 0.1) is 0 Å². The highest BCUT2D eigenvalue weighted by Crippen LogP contribution is 2.25. The van der Waals surface area contributed by atoms with Crippen LogP contribution in [0.4, 0.5) is 11.8 Å². The van der Waals surface area contributed by atoms with Crippen LogP contribution in [-0.2, 0) is 6.54 Å². The molecule has 5 nitrogen and oxygen atoms in total. The maximum absolute atomic E-state index is 4.75. The summed E-state index contributed by atoms with van der Waals surface area (Å²) in [4.78, 5) is 13.7. The lowest BCUT2D eigenvalue weighted by Gasteiger charge is -2.18. The molecule has 28 heavy (non-hydrogen) atoms. The number of anilines is 2. The van der Waals surface area contributed by atoms with Crippen LogP contribution in [-0.4, -0.2) is 21.0 Å². The summed E-state index contributed by atoms with van der Waals surface area (Å²) in [7, 11) is 0. The monoisotopic (exact) mass is 373 g/mol. The molecule has 144 valence electrons. The van der Waals surface area contributed by atoms with Gasteiger partial charge in [-0.2, -0.15) is 4.98 Å². The van der Waals surface area contributed by atoms with Gasteiger partial charge in [0.25, 0.3) is 0 Å². The van der Waals surface area contributed by atoms with Gasteiger partial charge < -0.3 is 10.6 Å². The Balaban J connectivity index is 1.57. The molecule has 2 aromatic heterocycles. The van der Waals surface area contributed by atoms with Crippen LogP contribution >= 0.6 is 0 Å². The largest absolute Gasteiger partial charge is 0.367 e. The van der Waals surface area contributed by atoms with E-state index in [9.17, 15) is 0 Å². The maximum Gasteiger partial charge on any atom is 0.225 e. The smallest absolute Gasteiger partial charge is 0.225 e. The number of hydrogen-bond donors (Lipinski definition) is 2. The Hall–Kier alpha value is -2.95. The molecule has 0 bridgehead atoms. The number of hydrogen-bond acceptors (Lipinski definition) is 5. The zero-order valence-electron chi connectivity index (χ0n) is 16.1. The van der Waals surface area contributed by atoms with Gasteiger partial charge in [0.05, 0.1) is 5.69 Å².